The first-order valence-corrected chi connectivity index (χ1v) is 9.98. The molecule has 3 heterocycles. The maximum atomic E-state index is 5.60. The molecule has 1 aliphatic heterocycles. The van der Waals surface area contributed by atoms with Crippen molar-refractivity contribution in [3.8, 4) is 0 Å². The van der Waals surface area contributed by atoms with Crippen molar-refractivity contribution in [3.05, 3.63) is 53.3 Å². The highest BCUT2D eigenvalue weighted by Crippen LogP contribution is 2.29. The summed E-state index contributed by atoms with van der Waals surface area (Å²) in [5.74, 6) is 2.53. The van der Waals surface area contributed by atoms with Crippen molar-refractivity contribution in [2.75, 3.05) is 13.1 Å². The lowest BCUT2D eigenvalue weighted by Crippen LogP contribution is -2.34. The fourth-order valence-electron chi connectivity index (χ4n) is 4.04. The van der Waals surface area contributed by atoms with E-state index in [1.807, 2.05) is 12.3 Å². The van der Waals surface area contributed by atoms with Crippen LogP contribution in [0.4, 0.5) is 0 Å². The Kier molecular flexibility index (Phi) is 5.21. The smallest absolute Gasteiger partial charge is 0.231 e. The van der Waals surface area contributed by atoms with Gasteiger partial charge in [0.05, 0.1) is 11.4 Å². The van der Waals surface area contributed by atoms with E-state index in [0.717, 1.165) is 56.1 Å². The van der Waals surface area contributed by atoms with Crippen molar-refractivity contribution in [1.82, 2.24) is 20.0 Å². The first kappa shape index (κ1) is 18.1. The number of fused-ring (bicyclic) bond motifs is 1. The molecule has 0 saturated carbocycles. The molecule has 4 rings (SSSR count). The Bertz CT molecular complexity index is 918. The van der Waals surface area contributed by atoms with Crippen molar-refractivity contribution in [1.29, 1.82) is 0 Å². The number of pyridine rings is 1. The van der Waals surface area contributed by atoms with Gasteiger partial charge in [0.15, 0.2) is 5.82 Å². The van der Waals surface area contributed by atoms with Gasteiger partial charge in [-0.05, 0) is 55.5 Å². The van der Waals surface area contributed by atoms with E-state index < -0.39 is 0 Å². The van der Waals surface area contributed by atoms with Crippen LogP contribution in [0.15, 0.2) is 35.0 Å². The zero-order valence-electron chi connectivity index (χ0n) is 16.5. The topological polar surface area (TPSA) is 55.1 Å². The summed E-state index contributed by atoms with van der Waals surface area (Å²) in [7, 11) is 0. The molecule has 5 nitrogen and oxygen atoms in total. The Morgan fingerprint density at radius 3 is 3.00 bits per heavy atom. The van der Waals surface area contributed by atoms with Crippen LogP contribution in [-0.4, -0.2) is 33.1 Å². The lowest BCUT2D eigenvalue weighted by molar-refractivity contribution is 0.180. The van der Waals surface area contributed by atoms with Crippen LogP contribution < -0.4 is 0 Å². The van der Waals surface area contributed by atoms with Gasteiger partial charge in [0, 0.05) is 31.1 Å². The first-order chi connectivity index (χ1) is 13.1. The maximum absolute atomic E-state index is 5.60. The minimum absolute atomic E-state index is 0.334. The number of hydrogen-bond donors (Lipinski definition) is 0. The molecule has 0 aliphatic carbocycles. The molecule has 1 atom stereocenters. The largest absolute Gasteiger partial charge is 0.339 e. The normalized spacial score (nSPS) is 18.4. The molecule has 0 N–H and O–H groups in total. The Balaban J connectivity index is 1.51. The zero-order chi connectivity index (χ0) is 18.8. The van der Waals surface area contributed by atoms with E-state index in [-0.39, 0.29) is 0 Å². The van der Waals surface area contributed by atoms with Crippen molar-refractivity contribution < 1.29 is 4.52 Å². The number of benzene rings is 1. The standard InChI is InChI=1S/C22H28N4O/c1-15(2)12-21-24-22(27-25-21)17-6-5-11-26(13-17)14-19-16(3)8-9-20-18(19)7-4-10-23-20/h4,7-10,15,17H,5-6,11-14H2,1-3H3. The molecule has 5 heteroatoms. The van der Waals surface area contributed by atoms with Gasteiger partial charge in [0.25, 0.3) is 0 Å². The summed E-state index contributed by atoms with van der Waals surface area (Å²) in [4.78, 5) is 11.7. The molecule has 0 amide bonds. The summed E-state index contributed by atoms with van der Waals surface area (Å²) < 4.78 is 5.60. The third-order valence-corrected chi connectivity index (χ3v) is 5.44. The second kappa shape index (κ2) is 7.77. The first-order valence-electron chi connectivity index (χ1n) is 9.98. The SMILES string of the molecule is Cc1ccc2ncccc2c1CN1CCCC(c2nc(CC(C)C)no2)C1. The van der Waals surface area contributed by atoms with Gasteiger partial charge in [-0.1, -0.05) is 31.1 Å². The molecular formula is C22H28N4O. The van der Waals surface area contributed by atoms with E-state index in [1.165, 1.54) is 16.5 Å². The second-order valence-corrected chi connectivity index (χ2v) is 8.15. The Hall–Kier alpha value is -2.27. The third-order valence-electron chi connectivity index (χ3n) is 5.44. The van der Waals surface area contributed by atoms with Crippen LogP contribution in [0.25, 0.3) is 10.9 Å². The average Bonchev–Trinajstić information content (AvgIpc) is 3.12. The highest BCUT2D eigenvalue weighted by atomic mass is 16.5. The summed E-state index contributed by atoms with van der Waals surface area (Å²) in [5, 5.41) is 5.44. The van der Waals surface area contributed by atoms with Gasteiger partial charge in [-0.15, -0.1) is 0 Å². The van der Waals surface area contributed by atoms with Crippen LogP contribution in [0.1, 0.15) is 55.4 Å². The van der Waals surface area contributed by atoms with E-state index in [4.69, 9.17) is 4.52 Å². The van der Waals surface area contributed by atoms with Gasteiger partial charge in [-0.2, -0.15) is 4.98 Å². The molecule has 0 spiro atoms. The lowest BCUT2D eigenvalue weighted by atomic mass is 9.96. The molecule has 2 aromatic heterocycles. The molecule has 3 aromatic rings. The monoisotopic (exact) mass is 364 g/mol. The van der Waals surface area contributed by atoms with Crippen LogP contribution in [0.2, 0.25) is 0 Å². The minimum Gasteiger partial charge on any atom is -0.339 e. The number of aromatic nitrogens is 3. The summed E-state index contributed by atoms with van der Waals surface area (Å²) in [6.07, 6.45) is 5.02. The summed E-state index contributed by atoms with van der Waals surface area (Å²) in [6.45, 7) is 9.58. The predicted molar refractivity (Wildman–Crippen MR) is 107 cm³/mol. The highest BCUT2D eigenvalue weighted by Gasteiger charge is 2.26. The molecule has 1 unspecified atom stereocenters. The summed E-state index contributed by atoms with van der Waals surface area (Å²) >= 11 is 0. The Morgan fingerprint density at radius 1 is 1.26 bits per heavy atom. The van der Waals surface area contributed by atoms with Gasteiger partial charge in [-0.3, -0.25) is 9.88 Å². The van der Waals surface area contributed by atoms with Crippen LogP contribution in [0.5, 0.6) is 0 Å². The van der Waals surface area contributed by atoms with Gasteiger partial charge in [0.1, 0.15) is 0 Å². The predicted octanol–water partition coefficient (Wildman–Crippen LogP) is 4.50. The number of hydrogen-bond acceptors (Lipinski definition) is 5. The van der Waals surface area contributed by atoms with Crippen molar-refractivity contribution >= 4 is 10.9 Å². The van der Waals surface area contributed by atoms with Gasteiger partial charge < -0.3 is 4.52 Å². The van der Waals surface area contributed by atoms with E-state index in [9.17, 15) is 0 Å². The number of piperidine rings is 1. The number of likely N-dealkylation sites (tertiary alicyclic amines) is 1. The average molecular weight is 364 g/mol. The molecular weight excluding hydrogens is 336 g/mol. The molecule has 1 saturated heterocycles. The quantitative estimate of drug-likeness (QED) is 0.667. The van der Waals surface area contributed by atoms with Crippen molar-refractivity contribution in [2.24, 2.45) is 5.92 Å². The minimum atomic E-state index is 0.334. The van der Waals surface area contributed by atoms with Gasteiger partial charge >= 0.3 is 0 Å². The summed E-state index contributed by atoms with van der Waals surface area (Å²) in [5.41, 5.74) is 3.78. The Morgan fingerprint density at radius 2 is 2.15 bits per heavy atom. The molecule has 1 aromatic carbocycles. The van der Waals surface area contributed by atoms with E-state index in [2.05, 4.69) is 59.0 Å². The van der Waals surface area contributed by atoms with Crippen molar-refractivity contribution in [3.63, 3.8) is 0 Å². The van der Waals surface area contributed by atoms with Gasteiger partial charge in [-0.25, -0.2) is 0 Å². The fraction of sp³-hybridized carbons (Fsp3) is 0.500. The molecule has 0 radical (unpaired) electrons. The Labute approximate surface area is 160 Å². The molecule has 27 heavy (non-hydrogen) atoms. The van der Waals surface area contributed by atoms with Crippen molar-refractivity contribution in [2.45, 2.75) is 52.5 Å². The van der Waals surface area contributed by atoms with Crippen LogP contribution >= 0.6 is 0 Å². The zero-order valence-corrected chi connectivity index (χ0v) is 16.5. The number of rotatable bonds is 5. The number of aryl methyl sites for hydroxylation is 1. The fourth-order valence-corrected chi connectivity index (χ4v) is 4.04. The third kappa shape index (κ3) is 4.03. The maximum Gasteiger partial charge on any atom is 0.231 e. The molecule has 1 fully saturated rings. The molecule has 142 valence electrons. The van der Waals surface area contributed by atoms with Gasteiger partial charge in [0.2, 0.25) is 5.89 Å². The number of nitrogens with zero attached hydrogens (tertiary/aromatic N) is 4. The molecule has 1 aliphatic rings. The van der Waals surface area contributed by atoms with E-state index in [1.54, 1.807) is 0 Å². The van der Waals surface area contributed by atoms with E-state index in [0.29, 0.717) is 11.8 Å². The van der Waals surface area contributed by atoms with Crippen LogP contribution in [0, 0.1) is 12.8 Å². The van der Waals surface area contributed by atoms with Crippen LogP contribution in [0.3, 0.4) is 0 Å². The molecule has 0 bridgehead atoms. The highest BCUT2D eigenvalue weighted by molar-refractivity contribution is 5.83. The summed E-state index contributed by atoms with van der Waals surface area (Å²) in [6, 6.07) is 8.51. The van der Waals surface area contributed by atoms with Crippen LogP contribution in [-0.2, 0) is 13.0 Å². The van der Waals surface area contributed by atoms with E-state index >= 15 is 0 Å². The lowest BCUT2D eigenvalue weighted by Gasteiger charge is -2.31. The second-order valence-electron chi connectivity index (χ2n) is 8.15.